The van der Waals surface area contributed by atoms with Crippen LogP contribution in [0.4, 0.5) is 0 Å². The van der Waals surface area contributed by atoms with Crippen molar-refractivity contribution in [2.24, 2.45) is 5.92 Å². The van der Waals surface area contributed by atoms with E-state index in [0.717, 1.165) is 24.6 Å². The molecule has 1 fully saturated rings. The molecule has 1 aliphatic rings. The lowest BCUT2D eigenvalue weighted by Crippen LogP contribution is -2.37. The third kappa shape index (κ3) is 3.11. The van der Waals surface area contributed by atoms with Gasteiger partial charge in [0.15, 0.2) is 0 Å². The summed E-state index contributed by atoms with van der Waals surface area (Å²) in [5.74, 6) is 3.83. The summed E-state index contributed by atoms with van der Waals surface area (Å²) in [5, 5.41) is 3.47. The molecule has 1 aliphatic carbocycles. The fourth-order valence-corrected chi connectivity index (χ4v) is 2.01. The van der Waals surface area contributed by atoms with Crippen LogP contribution >= 0.6 is 0 Å². The average molecular weight is 221 g/mol. The van der Waals surface area contributed by atoms with Gasteiger partial charge in [0, 0.05) is 24.4 Å². The van der Waals surface area contributed by atoms with Gasteiger partial charge in [-0.2, -0.15) is 0 Å². The fraction of sp³-hybridized carbons (Fsp3) is 0.714. The molecule has 0 radical (unpaired) electrons. The highest BCUT2D eigenvalue weighted by Crippen LogP contribution is 2.47. The minimum Gasteiger partial charge on any atom is -0.466 e. The molecule has 2 rings (SSSR count). The summed E-state index contributed by atoms with van der Waals surface area (Å²) in [6, 6.07) is 4.28. The highest BCUT2D eigenvalue weighted by atomic mass is 16.3. The molecule has 1 heterocycles. The second-order valence-electron chi connectivity index (χ2n) is 6.05. The van der Waals surface area contributed by atoms with Crippen LogP contribution in [0.25, 0.3) is 0 Å². The lowest BCUT2D eigenvalue weighted by atomic mass is 10.1. The largest absolute Gasteiger partial charge is 0.466 e. The lowest BCUT2D eigenvalue weighted by Gasteiger charge is -2.19. The molecular weight excluding hydrogens is 198 g/mol. The molecule has 2 heteroatoms. The van der Waals surface area contributed by atoms with Gasteiger partial charge >= 0.3 is 0 Å². The molecule has 2 nitrogen and oxygen atoms in total. The van der Waals surface area contributed by atoms with Crippen molar-refractivity contribution in [2.45, 2.75) is 52.0 Å². The first-order chi connectivity index (χ1) is 7.46. The summed E-state index contributed by atoms with van der Waals surface area (Å²) < 4.78 is 5.85. The molecule has 1 N–H and O–H groups in total. The Hall–Kier alpha value is -0.760. The highest BCUT2D eigenvalue weighted by Gasteiger charge is 2.36. The molecule has 2 unspecified atom stereocenters. The van der Waals surface area contributed by atoms with Crippen molar-refractivity contribution in [1.82, 2.24) is 5.32 Å². The quantitative estimate of drug-likeness (QED) is 0.843. The van der Waals surface area contributed by atoms with Gasteiger partial charge < -0.3 is 9.73 Å². The van der Waals surface area contributed by atoms with Crippen LogP contribution in [0.3, 0.4) is 0 Å². The van der Waals surface area contributed by atoms with Crippen LogP contribution in [0.5, 0.6) is 0 Å². The average Bonchev–Trinajstić information content (AvgIpc) is 2.72. The van der Waals surface area contributed by atoms with Gasteiger partial charge in [-0.1, -0.05) is 6.92 Å². The Morgan fingerprint density at radius 2 is 2.06 bits per heavy atom. The fourth-order valence-electron chi connectivity index (χ4n) is 2.01. The first-order valence-corrected chi connectivity index (χ1v) is 6.29. The third-order valence-corrected chi connectivity index (χ3v) is 3.18. The van der Waals surface area contributed by atoms with Crippen LogP contribution in [0.1, 0.15) is 51.6 Å². The number of furan rings is 1. The monoisotopic (exact) mass is 221 g/mol. The second kappa shape index (κ2) is 4.25. The van der Waals surface area contributed by atoms with Crippen LogP contribution in [0.2, 0.25) is 0 Å². The van der Waals surface area contributed by atoms with Crippen molar-refractivity contribution in [2.75, 3.05) is 6.54 Å². The Morgan fingerprint density at radius 3 is 2.62 bits per heavy atom. The highest BCUT2D eigenvalue weighted by molar-refractivity contribution is 5.17. The van der Waals surface area contributed by atoms with E-state index in [4.69, 9.17) is 4.42 Å². The maximum atomic E-state index is 5.85. The zero-order chi connectivity index (χ0) is 11.8. The van der Waals surface area contributed by atoms with Gasteiger partial charge in [-0.15, -0.1) is 0 Å². The van der Waals surface area contributed by atoms with Crippen molar-refractivity contribution < 1.29 is 4.42 Å². The molecule has 0 aliphatic heterocycles. The van der Waals surface area contributed by atoms with Crippen LogP contribution in [-0.2, 0) is 6.42 Å². The van der Waals surface area contributed by atoms with Gasteiger partial charge in [0.25, 0.3) is 0 Å². The molecule has 1 aromatic rings. The van der Waals surface area contributed by atoms with E-state index in [1.54, 1.807) is 0 Å². The van der Waals surface area contributed by atoms with Gasteiger partial charge in [-0.05, 0) is 45.2 Å². The van der Waals surface area contributed by atoms with E-state index in [-0.39, 0.29) is 5.54 Å². The molecule has 1 aromatic heterocycles. The second-order valence-corrected chi connectivity index (χ2v) is 6.05. The Bertz CT molecular complexity index is 348. The molecule has 0 bridgehead atoms. The Balaban J connectivity index is 1.79. The molecule has 0 spiro atoms. The Morgan fingerprint density at radius 1 is 1.38 bits per heavy atom. The zero-order valence-electron chi connectivity index (χ0n) is 10.8. The van der Waals surface area contributed by atoms with Crippen molar-refractivity contribution in [3.8, 4) is 0 Å². The molecule has 0 saturated heterocycles. The topological polar surface area (TPSA) is 25.2 Å². The minimum absolute atomic E-state index is 0.195. The minimum atomic E-state index is 0.195. The van der Waals surface area contributed by atoms with Gasteiger partial charge in [0.05, 0.1) is 0 Å². The van der Waals surface area contributed by atoms with E-state index in [1.807, 2.05) is 0 Å². The van der Waals surface area contributed by atoms with E-state index < -0.39 is 0 Å². The standard InChI is InChI=1S/C14H23NO/c1-10-9-12(10)13-6-5-11(16-13)7-8-15-14(2,3)4/h5-6,10,12,15H,7-9H2,1-4H3. The molecular formula is C14H23NO. The van der Waals surface area contributed by atoms with Gasteiger partial charge in [-0.3, -0.25) is 0 Å². The predicted octanol–water partition coefficient (Wildman–Crippen LogP) is 3.33. The Kier molecular flexibility index (Phi) is 3.11. The maximum Gasteiger partial charge on any atom is 0.107 e. The summed E-state index contributed by atoms with van der Waals surface area (Å²) in [4.78, 5) is 0. The SMILES string of the molecule is CC1CC1c1ccc(CCNC(C)(C)C)o1. The van der Waals surface area contributed by atoms with Crippen LogP contribution < -0.4 is 5.32 Å². The summed E-state index contributed by atoms with van der Waals surface area (Å²) in [6.45, 7) is 9.83. The lowest BCUT2D eigenvalue weighted by molar-refractivity contribution is 0.406. The van der Waals surface area contributed by atoms with Crippen LogP contribution in [0.15, 0.2) is 16.5 Å². The molecule has 0 amide bonds. The van der Waals surface area contributed by atoms with Gasteiger partial charge in [0.1, 0.15) is 11.5 Å². The first-order valence-electron chi connectivity index (χ1n) is 6.29. The summed E-state index contributed by atoms with van der Waals surface area (Å²) in [7, 11) is 0. The number of hydrogen-bond acceptors (Lipinski definition) is 2. The predicted molar refractivity (Wildman–Crippen MR) is 66.7 cm³/mol. The molecule has 90 valence electrons. The van der Waals surface area contributed by atoms with E-state index in [0.29, 0.717) is 5.92 Å². The molecule has 16 heavy (non-hydrogen) atoms. The van der Waals surface area contributed by atoms with E-state index in [1.165, 1.54) is 12.2 Å². The van der Waals surface area contributed by atoms with Crippen molar-refractivity contribution in [1.29, 1.82) is 0 Å². The summed E-state index contributed by atoms with van der Waals surface area (Å²) in [5.41, 5.74) is 0.195. The first kappa shape index (κ1) is 11.7. The number of nitrogens with one attached hydrogen (secondary N) is 1. The van der Waals surface area contributed by atoms with Crippen molar-refractivity contribution >= 4 is 0 Å². The van der Waals surface area contributed by atoms with Crippen molar-refractivity contribution in [3.63, 3.8) is 0 Å². The summed E-state index contributed by atoms with van der Waals surface area (Å²) >= 11 is 0. The van der Waals surface area contributed by atoms with Crippen molar-refractivity contribution in [3.05, 3.63) is 23.7 Å². The maximum absolute atomic E-state index is 5.85. The zero-order valence-corrected chi connectivity index (χ0v) is 10.8. The molecule has 2 atom stereocenters. The van der Waals surface area contributed by atoms with E-state index in [9.17, 15) is 0 Å². The molecule has 0 aromatic carbocycles. The smallest absolute Gasteiger partial charge is 0.107 e. The van der Waals surface area contributed by atoms with Crippen LogP contribution in [-0.4, -0.2) is 12.1 Å². The summed E-state index contributed by atoms with van der Waals surface area (Å²) in [6.07, 6.45) is 2.28. The number of hydrogen-bond donors (Lipinski definition) is 1. The third-order valence-electron chi connectivity index (χ3n) is 3.18. The van der Waals surface area contributed by atoms with E-state index >= 15 is 0 Å². The number of rotatable bonds is 4. The van der Waals surface area contributed by atoms with Gasteiger partial charge in [0.2, 0.25) is 0 Å². The van der Waals surface area contributed by atoms with Crippen LogP contribution in [0, 0.1) is 5.92 Å². The Labute approximate surface area is 98.4 Å². The van der Waals surface area contributed by atoms with Gasteiger partial charge in [-0.25, -0.2) is 0 Å². The molecule has 1 saturated carbocycles. The normalized spacial score (nSPS) is 24.8. The van der Waals surface area contributed by atoms with E-state index in [2.05, 4.69) is 45.1 Å².